The quantitative estimate of drug-likeness (QED) is 0.697. The normalized spacial score (nSPS) is 47.0. The summed E-state index contributed by atoms with van der Waals surface area (Å²) in [5, 5.41) is 3.59. The largest absolute Gasteiger partial charge is 0.316 e. The van der Waals surface area contributed by atoms with Crippen LogP contribution in [0.3, 0.4) is 0 Å². The van der Waals surface area contributed by atoms with Crippen LogP contribution in [0.4, 0.5) is 0 Å². The lowest BCUT2D eigenvalue weighted by Gasteiger charge is -2.53. The lowest BCUT2D eigenvalue weighted by Crippen LogP contribution is -2.50. The average Bonchev–Trinajstić information content (AvgIpc) is 2.25. The van der Waals surface area contributed by atoms with E-state index >= 15 is 0 Å². The van der Waals surface area contributed by atoms with E-state index in [1.54, 1.807) is 0 Å². The summed E-state index contributed by atoms with van der Waals surface area (Å²) in [4.78, 5) is 0. The highest BCUT2D eigenvalue weighted by atomic mass is 14.9. The predicted molar refractivity (Wildman–Crippen MR) is 65.9 cm³/mol. The Morgan fingerprint density at radius 1 is 1.27 bits per heavy atom. The maximum Gasteiger partial charge on any atom is -0.00152 e. The van der Waals surface area contributed by atoms with Crippen molar-refractivity contribution in [2.24, 2.45) is 23.2 Å². The molecule has 1 N–H and O–H groups in total. The SMILES string of the molecule is CCC1CNCCC12CC(C)CCC2C. The fraction of sp³-hybridized carbons (Fsp3) is 1.00. The fourth-order valence-electron chi connectivity index (χ4n) is 4.25. The zero-order valence-electron chi connectivity index (χ0n) is 10.7. The number of hydrogen-bond donors (Lipinski definition) is 1. The summed E-state index contributed by atoms with van der Waals surface area (Å²) in [5.41, 5.74) is 0.692. The van der Waals surface area contributed by atoms with Crippen LogP contribution in [0.2, 0.25) is 0 Å². The van der Waals surface area contributed by atoms with Gasteiger partial charge in [-0.2, -0.15) is 0 Å². The lowest BCUT2D eigenvalue weighted by molar-refractivity contribution is -0.0163. The van der Waals surface area contributed by atoms with Crippen molar-refractivity contribution < 1.29 is 0 Å². The first-order valence-electron chi connectivity index (χ1n) is 6.89. The van der Waals surface area contributed by atoms with Crippen LogP contribution >= 0.6 is 0 Å². The number of nitrogens with one attached hydrogen (secondary N) is 1. The summed E-state index contributed by atoms with van der Waals surface area (Å²) >= 11 is 0. The Hall–Kier alpha value is -0.0400. The third-order valence-corrected chi connectivity index (χ3v) is 5.27. The van der Waals surface area contributed by atoms with Gasteiger partial charge in [-0.05, 0) is 55.5 Å². The molecule has 2 rings (SSSR count). The van der Waals surface area contributed by atoms with Gasteiger partial charge in [0.15, 0.2) is 0 Å². The van der Waals surface area contributed by atoms with Crippen LogP contribution in [0, 0.1) is 23.2 Å². The fourth-order valence-corrected chi connectivity index (χ4v) is 4.25. The second kappa shape index (κ2) is 4.45. The molecule has 1 heterocycles. The number of rotatable bonds is 1. The van der Waals surface area contributed by atoms with Gasteiger partial charge in [0, 0.05) is 0 Å². The molecule has 15 heavy (non-hydrogen) atoms. The third-order valence-electron chi connectivity index (χ3n) is 5.27. The van der Waals surface area contributed by atoms with Crippen molar-refractivity contribution in [3.8, 4) is 0 Å². The van der Waals surface area contributed by atoms with E-state index in [0.717, 1.165) is 17.8 Å². The molecule has 0 bridgehead atoms. The van der Waals surface area contributed by atoms with Gasteiger partial charge < -0.3 is 5.32 Å². The van der Waals surface area contributed by atoms with E-state index in [1.807, 2.05) is 0 Å². The van der Waals surface area contributed by atoms with Crippen molar-refractivity contribution in [1.29, 1.82) is 0 Å². The molecule has 1 aliphatic carbocycles. The van der Waals surface area contributed by atoms with Crippen LogP contribution in [0.5, 0.6) is 0 Å². The first kappa shape index (κ1) is 11.4. The molecule has 0 amide bonds. The number of hydrogen-bond acceptors (Lipinski definition) is 1. The average molecular weight is 209 g/mol. The molecular weight excluding hydrogens is 182 g/mol. The molecule has 0 radical (unpaired) electrons. The standard InChI is InChI=1S/C14H27N/c1-4-13-10-15-8-7-14(13)9-11(2)5-6-12(14)3/h11-13,15H,4-10H2,1-3H3. The Bertz CT molecular complexity index is 213. The summed E-state index contributed by atoms with van der Waals surface area (Å²) in [6.45, 7) is 9.88. The monoisotopic (exact) mass is 209 g/mol. The molecule has 4 unspecified atom stereocenters. The molecule has 4 atom stereocenters. The Balaban J connectivity index is 2.18. The zero-order chi connectivity index (χ0) is 10.9. The predicted octanol–water partition coefficient (Wildman–Crippen LogP) is 3.45. The van der Waals surface area contributed by atoms with E-state index in [-0.39, 0.29) is 0 Å². The van der Waals surface area contributed by atoms with Gasteiger partial charge in [-0.25, -0.2) is 0 Å². The maximum atomic E-state index is 3.59. The second-order valence-electron chi connectivity index (χ2n) is 6.08. The molecule has 2 aliphatic rings. The van der Waals surface area contributed by atoms with Gasteiger partial charge in [-0.3, -0.25) is 0 Å². The highest BCUT2D eigenvalue weighted by Gasteiger charge is 2.46. The molecule has 1 spiro atoms. The summed E-state index contributed by atoms with van der Waals surface area (Å²) in [5.74, 6) is 2.86. The van der Waals surface area contributed by atoms with Gasteiger partial charge in [0.05, 0.1) is 0 Å². The lowest BCUT2D eigenvalue weighted by atomic mass is 9.55. The van der Waals surface area contributed by atoms with Gasteiger partial charge >= 0.3 is 0 Å². The number of piperidine rings is 1. The van der Waals surface area contributed by atoms with Crippen LogP contribution in [-0.4, -0.2) is 13.1 Å². The van der Waals surface area contributed by atoms with Crippen LogP contribution in [0.15, 0.2) is 0 Å². The molecule has 0 aromatic heterocycles. The van der Waals surface area contributed by atoms with Gasteiger partial charge in [0.1, 0.15) is 0 Å². The van der Waals surface area contributed by atoms with Crippen LogP contribution in [0.25, 0.3) is 0 Å². The highest BCUT2D eigenvalue weighted by molar-refractivity contribution is 4.97. The molecule has 1 heteroatoms. The molecule has 0 aromatic carbocycles. The Morgan fingerprint density at radius 2 is 2.07 bits per heavy atom. The second-order valence-corrected chi connectivity index (χ2v) is 6.08. The molecule has 0 aromatic rings. The summed E-state index contributed by atoms with van der Waals surface area (Å²) in [6, 6.07) is 0. The first-order valence-corrected chi connectivity index (χ1v) is 6.89. The Labute approximate surface area is 95.0 Å². The van der Waals surface area contributed by atoms with Gasteiger partial charge in [-0.1, -0.05) is 33.6 Å². The first-order chi connectivity index (χ1) is 7.19. The molecular formula is C14H27N. The summed E-state index contributed by atoms with van der Waals surface area (Å²) in [6.07, 6.45) is 7.22. The highest BCUT2D eigenvalue weighted by Crippen LogP contribution is 2.52. The molecule has 1 saturated carbocycles. The van der Waals surface area contributed by atoms with Crippen LogP contribution < -0.4 is 5.32 Å². The van der Waals surface area contributed by atoms with Crippen molar-refractivity contribution in [3.05, 3.63) is 0 Å². The van der Waals surface area contributed by atoms with Crippen LogP contribution in [-0.2, 0) is 0 Å². The van der Waals surface area contributed by atoms with E-state index < -0.39 is 0 Å². The zero-order valence-corrected chi connectivity index (χ0v) is 10.7. The van der Waals surface area contributed by atoms with Crippen molar-refractivity contribution in [2.75, 3.05) is 13.1 Å². The van der Waals surface area contributed by atoms with Crippen molar-refractivity contribution in [3.63, 3.8) is 0 Å². The molecule has 1 nitrogen and oxygen atoms in total. The Kier molecular flexibility index (Phi) is 3.39. The maximum absolute atomic E-state index is 3.59. The van der Waals surface area contributed by atoms with E-state index in [1.165, 1.54) is 45.2 Å². The van der Waals surface area contributed by atoms with Crippen LogP contribution in [0.1, 0.15) is 52.9 Å². The molecule has 1 saturated heterocycles. The van der Waals surface area contributed by atoms with E-state index in [4.69, 9.17) is 0 Å². The topological polar surface area (TPSA) is 12.0 Å². The summed E-state index contributed by atoms with van der Waals surface area (Å²) in [7, 11) is 0. The third kappa shape index (κ3) is 1.95. The molecule has 1 aliphatic heterocycles. The molecule has 2 fully saturated rings. The molecule has 88 valence electrons. The van der Waals surface area contributed by atoms with Crippen molar-refractivity contribution >= 4 is 0 Å². The minimum atomic E-state index is 0.692. The van der Waals surface area contributed by atoms with Gasteiger partial charge in [0.25, 0.3) is 0 Å². The summed E-state index contributed by atoms with van der Waals surface area (Å²) < 4.78 is 0. The Morgan fingerprint density at radius 3 is 2.80 bits per heavy atom. The van der Waals surface area contributed by atoms with Crippen molar-refractivity contribution in [1.82, 2.24) is 5.32 Å². The van der Waals surface area contributed by atoms with E-state index in [0.29, 0.717) is 5.41 Å². The van der Waals surface area contributed by atoms with Gasteiger partial charge in [0.2, 0.25) is 0 Å². The smallest absolute Gasteiger partial charge is 0.00152 e. The van der Waals surface area contributed by atoms with Crippen molar-refractivity contribution in [2.45, 2.75) is 52.9 Å². The van der Waals surface area contributed by atoms with Gasteiger partial charge in [-0.15, -0.1) is 0 Å². The minimum absolute atomic E-state index is 0.692. The minimum Gasteiger partial charge on any atom is -0.316 e. The van der Waals surface area contributed by atoms with E-state index in [2.05, 4.69) is 26.1 Å². The van der Waals surface area contributed by atoms with E-state index in [9.17, 15) is 0 Å².